The van der Waals surface area contributed by atoms with Crippen molar-refractivity contribution in [2.45, 2.75) is 39.2 Å². The average molecular weight is 325 g/mol. The third-order valence-corrected chi connectivity index (χ3v) is 4.19. The van der Waals surface area contributed by atoms with E-state index in [1.54, 1.807) is 0 Å². The van der Waals surface area contributed by atoms with E-state index in [1.165, 1.54) is 12.8 Å². The highest BCUT2D eigenvalue weighted by Crippen LogP contribution is 2.22. The van der Waals surface area contributed by atoms with Crippen LogP contribution in [0.3, 0.4) is 0 Å². The van der Waals surface area contributed by atoms with Crippen LogP contribution in [0.15, 0.2) is 28.7 Å². The summed E-state index contributed by atoms with van der Waals surface area (Å²) in [6, 6.07) is 8.04. The molecule has 1 aromatic rings. The Morgan fingerprint density at radius 2 is 2.16 bits per heavy atom. The number of rotatable bonds is 1. The quantitative estimate of drug-likeness (QED) is 0.810. The topological polar surface area (TPSA) is 32.3 Å². The molecule has 2 amide bonds. The van der Waals surface area contributed by atoms with Crippen LogP contribution in [0.2, 0.25) is 0 Å². The smallest absolute Gasteiger partial charge is 0.322 e. The zero-order chi connectivity index (χ0) is 13.8. The number of nitrogens with one attached hydrogen (secondary N) is 1. The van der Waals surface area contributed by atoms with Crippen LogP contribution in [-0.2, 0) is 0 Å². The van der Waals surface area contributed by atoms with Gasteiger partial charge in [0.05, 0.1) is 0 Å². The number of halogens is 1. The molecule has 0 bridgehead atoms. The number of hydrogen-bond donors (Lipinski definition) is 1. The number of likely N-dealkylation sites (tertiary alicyclic amines) is 1. The Morgan fingerprint density at radius 1 is 1.37 bits per heavy atom. The van der Waals surface area contributed by atoms with Crippen molar-refractivity contribution in [2.75, 3.05) is 11.9 Å². The predicted octanol–water partition coefficient (Wildman–Crippen LogP) is 4.49. The second kappa shape index (κ2) is 6.42. The zero-order valence-corrected chi connectivity index (χ0v) is 13.1. The summed E-state index contributed by atoms with van der Waals surface area (Å²) in [5.74, 6) is 0.582. The van der Waals surface area contributed by atoms with Crippen molar-refractivity contribution in [3.05, 3.63) is 28.7 Å². The molecule has 1 saturated heterocycles. The molecule has 0 unspecified atom stereocenters. The highest BCUT2D eigenvalue weighted by atomic mass is 79.9. The Balaban J connectivity index is 2.05. The lowest BCUT2D eigenvalue weighted by Gasteiger charge is -2.28. The summed E-state index contributed by atoms with van der Waals surface area (Å²) >= 11 is 3.42. The molecule has 1 fully saturated rings. The molecule has 4 heteroatoms. The van der Waals surface area contributed by atoms with Crippen molar-refractivity contribution >= 4 is 27.6 Å². The second-order valence-electron chi connectivity index (χ2n) is 5.48. The third-order valence-electron chi connectivity index (χ3n) is 3.70. The van der Waals surface area contributed by atoms with Gasteiger partial charge in [0.25, 0.3) is 0 Å². The van der Waals surface area contributed by atoms with E-state index >= 15 is 0 Å². The largest absolute Gasteiger partial charge is 0.322 e. The fourth-order valence-electron chi connectivity index (χ4n) is 2.57. The van der Waals surface area contributed by atoms with Crippen molar-refractivity contribution in [1.82, 2.24) is 4.90 Å². The van der Waals surface area contributed by atoms with E-state index in [0.29, 0.717) is 12.0 Å². The van der Waals surface area contributed by atoms with Crippen LogP contribution in [0.25, 0.3) is 0 Å². The number of urea groups is 1. The van der Waals surface area contributed by atoms with Crippen molar-refractivity contribution in [2.24, 2.45) is 5.92 Å². The molecule has 2 atom stereocenters. The second-order valence-corrected chi connectivity index (χ2v) is 6.39. The minimum absolute atomic E-state index is 0.0133. The van der Waals surface area contributed by atoms with Gasteiger partial charge < -0.3 is 10.2 Å². The van der Waals surface area contributed by atoms with Crippen LogP contribution in [0.4, 0.5) is 10.5 Å². The lowest BCUT2D eigenvalue weighted by atomic mass is 10.1. The Hall–Kier alpha value is -1.03. The summed E-state index contributed by atoms with van der Waals surface area (Å²) in [6.07, 6.45) is 3.52. The van der Waals surface area contributed by atoms with E-state index in [0.717, 1.165) is 23.1 Å². The molecule has 19 heavy (non-hydrogen) atoms. The predicted molar refractivity (Wildman–Crippen MR) is 82.3 cm³/mol. The number of carbonyl (C=O) groups excluding carboxylic acids is 1. The van der Waals surface area contributed by atoms with Crippen LogP contribution >= 0.6 is 15.9 Å². The van der Waals surface area contributed by atoms with E-state index in [2.05, 4.69) is 35.1 Å². The lowest BCUT2D eigenvalue weighted by molar-refractivity contribution is 0.187. The van der Waals surface area contributed by atoms with E-state index in [9.17, 15) is 4.79 Å². The molecule has 1 aliphatic heterocycles. The Bertz CT molecular complexity index is 450. The van der Waals surface area contributed by atoms with Gasteiger partial charge in [-0.15, -0.1) is 0 Å². The van der Waals surface area contributed by atoms with Crippen molar-refractivity contribution in [1.29, 1.82) is 0 Å². The van der Waals surface area contributed by atoms with Crippen LogP contribution in [0.1, 0.15) is 33.1 Å². The molecule has 0 spiro atoms. The molecular formula is C15H21BrN2O. The fourth-order valence-corrected chi connectivity index (χ4v) is 2.97. The molecule has 1 aliphatic rings. The first-order valence-electron chi connectivity index (χ1n) is 6.89. The highest BCUT2D eigenvalue weighted by molar-refractivity contribution is 9.10. The van der Waals surface area contributed by atoms with E-state index in [1.807, 2.05) is 29.2 Å². The summed E-state index contributed by atoms with van der Waals surface area (Å²) in [5.41, 5.74) is 0.837. The Kier molecular flexibility index (Phi) is 4.86. The first-order chi connectivity index (χ1) is 9.06. The molecule has 3 nitrogen and oxygen atoms in total. The van der Waals surface area contributed by atoms with Gasteiger partial charge in [-0.1, -0.05) is 35.3 Å². The highest BCUT2D eigenvalue weighted by Gasteiger charge is 2.25. The van der Waals surface area contributed by atoms with Gasteiger partial charge in [-0.2, -0.15) is 0 Å². The standard InChI is InChI=1S/C15H21BrN2O/c1-11-5-3-6-12(2)18(10-11)15(19)17-14-8-4-7-13(16)9-14/h4,7-9,11-12H,3,5-6,10H2,1-2H3,(H,17,19)/t11-,12+/m1/s1. The van der Waals surface area contributed by atoms with Gasteiger partial charge in [0.15, 0.2) is 0 Å². The molecule has 0 radical (unpaired) electrons. The van der Waals surface area contributed by atoms with Crippen molar-refractivity contribution in [3.63, 3.8) is 0 Å². The van der Waals surface area contributed by atoms with Gasteiger partial charge in [-0.05, 0) is 43.9 Å². The molecule has 1 N–H and O–H groups in total. The first-order valence-corrected chi connectivity index (χ1v) is 7.68. The maximum absolute atomic E-state index is 12.4. The first kappa shape index (κ1) is 14.4. The zero-order valence-electron chi connectivity index (χ0n) is 11.5. The number of benzene rings is 1. The summed E-state index contributed by atoms with van der Waals surface area (Å²) in [4.78, 5) is 14.4. The van der Waals surface area contributed by atoms with Crippen molar-refractivity contribution in [3.8, 4) is 0 Å². The van der Waals surface area contributed by atoms with Gasteiger partial charge >= 0.3 is 6.03 Å². The molecule has 1 aromatic carbocycles. The minimum Gasteiger partial charge on any atom is -0.322 e. The van der Waals surface area contributed by atoms with Crippen LogP contribution < -0.4 is 5.32 Å². The van der Waals surface area contributed by atoms with Crippen molar-refractivity contribution < 1.29 is 4.79 Å². The SMILES string of the molecule is C[C@@H]1CCC[C@H](C)N(C(=O)Nc2cccc(Br)c2)C1. The monoisotopic (exact) mass is 324 g/mol. The molecule has 1 heterocycles. The molecule has 2 rings (SSSR count). The molecule has 0 aromatic heterocycles. The number of hydrogen-bond acceptors (Lipinski definition) is 1. The van der Waals surface area contributed by atoms with Crippen LogP contribution in [-0.4, -0.2) is 23.5 Å². The number of nitrogens with zero attached hydrogens (tertiary/aromatic N) is 1. The van der Waals surface area contributed by atoms with E-state index in [4.69, 9.17) is 0 Å². The molecule has 0 aliphatic carbocycles. The molecular weight excluding hydrogens is 304 g/mol. The van der Waals surface area contributed by atoms with Crippen LogP contribution in [0.5, 0.6) is 0 Å². The summed E-state index contributed by atoms with van der Waals surface area (Å²) in [5, 5.41) is 2.99. The van der Waals surface area contributed by atoms with Gasteiger partial charge in [0.2, 0.25) is 0 Å². The molecule has 104 valence electrons. The average Bonchev–Trinajstić information content (AvgIpc) is 2.51. The van der Waals surface area contributed by atoms with E-state index < -0.39 is 0 Å². The summed E-state index contributed by atoms with van der Waals surface area (Å²) in [7, 11) is 0. The van der Waals surface area contributed by atoms with Gasteiger partial charge in [-0.3, -0.25) is 0 Å². The maximum atomic E-state index is 12.4. The summed E-state index contributed by atoms with van der Waals surface area (Å²) < 4.78 is 0.975. The van der Waals surface area contributed by atoms with Gasteiger partial charge in [0.1, 0.15) is 0 Å². The minimum atomic E-state index is 0.0133. The Morgan fingerprint density at radius 3 is 2.89 bits per heavy atom. The van der Waals surface area contributed by atoms with Gasteiger partial charge in [-0.25, -0.2) is 4.79 Å². The lowest BCUT2D eigenvalue weighted by Crippen LogP contribution is -2.42. The number of amides is 2. The summed E-state index contributed by atoms with van der Waals surface area (Å²) in [6.45, 7) is 5.21. The normalized spacial score (nSPS) is 23.8. The van der Waals surface area contributed by atoms with Gasteiger partial charge in [0, 0.05) is 22.7 Å². The Labute approximate surface area is 123 Å². The third kappa shape index (κ3) is 3.96. The maximum Gasteiger partial charge on any atom is 0.322 e. The number of carbonyl (C=O) groups is 1. The molecule has 0 saturated carbocycles. The van der Waals surface area contributed by atoms with Crippen LogP contribution in [0, 0.1) is 5.92 Å². The number of anilines is 1. The van der Waals surface area contributed by atoms with E-state index in [-0.39, 0.29) is 6.03 Å². The fraction of sp³-hybridized carbons (Fsp3) is 0.533.